The Hall–Kier alpha value is -4.14. The number of nitrogens with one attached hydrogen (secondary N) is 1. The molecular weight excluding hydrogens is 391 g/mol. The van der Waals surface area contributed by atoms with Crippen molar-refractivity contribution in [3.8, 4) is 11.8 Å². The lowest BCUT2D eigenvalue weighted by molar-refractivity contribution is -0.119. The fourth-order valence-corrected chi connectivity index (χ4v) is 2.98. The number of hydrogen-bond donors (Lipinski definition) is 1. The van der Waals surface area contributed by atoms with E-state index >= 15 is 0 Å². The van der Waals surface area contributed by atoms with E-state index < -0.39 is 29.6 Å². The molecule has 3 aromatic rings. The van der Waals surface area contributed by atoms with Gasteiger partial charge >= 0.3 is 6.01 Å². The number of amides is 3. The Bertz CT molecular complexity index is 1110. The number of carbonyl (C=O) groups is 3. The number of para-hydroxylation sites is 1. The molecule has 0 aliphatic carbocycles. The molecule has 1 unspecified atom stereocenters. The Morgan fingerprint density at radius 2 is 1.57 bits per heavy atom. The molecule has 150 valence electrons. The van der Waals surface area contributed by atoms with Crippen LogP contribution < -0.4 is 10.1 Å². The first-order valence-corrected chi connectivity index (χ1v) is 8.98. The van der Waals surface area contributed by atoms with Gasteiger partial charge < -0.3 is 10.1 Å². The summed E-state index contributed by atoms with van der Waals surface area (Å²) in [6, 6.07) is 11.0. The second-order valence-electron chi connectivity index (χ2n) is 6.48. The molecule has 0 radical (unpaired) electrons. The van der Waals surface area contributed by atoms with Crippen LogP contribution in [0.4, 0.5) is 10.1 Å². The van der Waals surface area contributed by atoms with Crippen LogP contribution in [0.3, 0.4) is 0 Å². The fraction of sp³-hybridized carbons (Fsp3) is 0.0952. The molecule has 1 aliphatic rings. The van der Waals surface area contributed by atoms with Crippen LogP contribution in [0.25, 0.3) is 0 Å². The summed E-state index contributed by atoms with van der Waals surface area (Å²) >= 11 is 0. The molecule has 1 atom stereocenters. The second-order valence-corrected chi connectivity index (χ2v) is 6.48. The van der Waals surface area contributed by atoms with E-state index in [1.54, 1.807) is 30.3 Å². The minimum Gasteiger partial charge on any atom is -0.421 e. The zero-order valence-electron chi connectivity index (χ0n) is 15.7. The number of rotatable bonds is 5. The number of hydrogen-bond acceptors (Lipinski definition) is 6. The summed E-state index contributed by atoms with van der Waals surface area (Å²) in [5.41, 5.74) is 0.754. The third-order valence-corrected chi connectivity index (χ3v) is 4.53. The van der Waals surface area contributed by atoms with Gasteiger partial charge in [0.2, 0.25) is 5.91 Å². The number of benzene rings is 2. The Morgan fingerprint density at radius 3 is 2.17 bits per heavy atom. The highest BCUT2D eigenvalue weighted by atomic mass is 19.1. The van der Waals surface area contributed by atoms with Gasteiger partial charge in [-0.25, -0.2) is 14.4 Å². The van der Waals surface area contributed by atoms with Crippen molar-refractivity contribution >= 4 is 23.4 Å². The maximum atomic E-state index is 13.6. The topological polar surface area (TPSA) is 101 Å². The first-order valence-electron chi connectivity index (χ1n) is 8.98. The quantitative estimate of drug-likeness (QED) is 0.654. The summed E-state index contributed by atoms with van der Waals surface area (Å²) in [6.45, 7) is 1.45. The summed E-state index contributed by atoms with van der Waals surface area (Å²) in [5, 5.41) is 2.55. The van der Waals surface area contributed by atoms with E-state index in [0.717, 1.165) is 4.90 Å². The van der Waals surface area contributed by atoms with Crippen molar-refractivity contribution in [2.45, 2.75) is 13.0 Å². The van der Waals surface area contributed by atoms with Gasteiger partial charge in [-0.1, -0.05) is 24.3 Å². The summed E-state index contributed by atoms with van der Waals surface area (Å²) in [5.74, 6) is -2.23. The Morgan fingerprint density at radius 1 is 1.00 bits per heavy atom. The maximum absolute atomic E-state index is 13.6. The molecule has 30 heavy (non-hydrogen) atoms. The van der Waals surface area contributed by atoms with E-state index in [0.29, 0.717) is 0 Å². The van der Waals surface area contributed by atoms with Crippen LogP contribution >= 0.6 is 0 Å². The molecule has 1 aromatic heterocycles. The number of ether oxygens (including phenoxy) is 1. The van der Waals surface area contributed by atoms with E-state index in [9.17, 15) is 18.8 Å². The fourth-order valence-electron chi connectivity index (χ4n) is 2.98. The van der Waals surface area contributed by atoms with Crippen molar-refractivity contribution in [1.29, 1.82) is 0 Å². The Labute approximate surface area is 170 Å². The maximum Gasteiger partial charge on any atom is 0.322 e. The molecule has 3 amide bonds. The smallest absolute Gasteiger partial charge is 0.322 e. The van der Waals surface area contributed by atoms with Crippen molar-refractivity contribution in [2.75, 3.05) is 5.32 Å². The zero-order chi connectivity index (χ0) is 21.3. The number of carbonyl (C=O) groups excluding carboxylic acids is 3. The number of imide groups is 1. The van der Waals surface area contributed by atoms with E-state index in [-0.39, 0.29) is 28.6 Å². The number of nitrogens with zero attached hydrogens (tertiary/aromatic N) is 3. The van der Waals surface area contributed by atoms with Gasteiger partial charge in [0.15, 0.2) is 11.6 Å². The number of anilines is 1. The molecule has 0 spiro atoms. The van der Waals surface area contributed by atoms with Gasteiger partial charge in [0, 0.05) is 0 Å². The molecule has 0 bridgehead atoms. The SMILES string of the molecule is CC(C(=O)Nc1cnc(Oc2ccccc2F)nc1)N1C(=O)c2ccccc2C1=O. The first kappa shape index (κ1) is 19.2. The first-order chi connectivity index (χ1) is 14.5. The lowest BCUT2D eigenvalue weighted by Gasteiger charge is -2.21. The molecule has 2 heterocycles. The molecule has 9 heteroatoms. The van der Waals surface area contributed by atoms with Crippen molar-refractivity contribution < 1.29 is 23.5 Å². The molecule has 0 fully saturated rings. The van der Waals surface area contributed by atoms with Gasteiger partial charge in [0.25, 0.3) is 11.8 Å². The van der Waals surface area contributed by atoms with E-state index in [1.807, 2.05) is 0 Å². The van der Waals surface area contributed by atoms with Gasteiger partial charge in [0.1, 0.15) is 6.04 Å². The molecule has 0 saturated carbocycles. The molecule has 1 N–H and O–H groups in total. The molecule has 1 aliphatic heterocycles. The number of aromatic nitrogens is 2. The lowest BCUT2D eigenvalue weighted by atomic mass is 10.1. The minimum absolute atomic E-state index is 0.0338. The van der Waals surface area contributed by atoms with Crippen LogP contribution in [-0.2, 0) is 4.79 Å². The van der Waals surface area contributed by atoms with Crippen molar-refractivity contribution in [1.82, 2.24) is 14.9 Å². The molecular formula is C21H15FN4O4. The van der Waals surface area contributed by atoms with Crippen molar-refractivity contribution in [3.63, 3.8) is 0 Å². The summed E-state index contributed by atoms with van der Waals surface area (Å²) < 4.78 is 18.9. The third kappa shape index (κ3) is 3.48. The molecule has 0 saturated heterocycles. The van der Waals surface area contributed by atoms with Gasteiger partial charge in [-0.2, -0.15) is 0 Å². The van der Waals surface area contributed by atoms with Gasteiger partial charge in [-0.3, -0.25) is 19.3 Å². The Kier molecular flexibility index (Phi) is 4.93. The van der Waals surface area contributed by atoms with E-state index in [2.05, 4.69) is 15.3 Å². The average Bonchev–Trinajstić information content (AvgIpc) is 3.01. The lowest BCUT2D eigenvalue weighted by Crippen LogP contribution is -2.45. The van der Waals surface area contributed by atoms with Crippen molar-refractivity contribution in [3.05, 3.63) is 77.9 Å². The van der Waals surface area contributed by atoms with Crippen LogP contribution in [0, 0.1) is 5.82 Å². The van der Waals surface area contributed by atoms with E-state index in [1.165, 1.54) is 37.5 Å². The molecule has 4 rings (SSSR count). The second kappa shape index (κ2) is 7.70. The van der Waals surface area contributed by atoms with E-state index in [4.69, 9.17) is 4.74 Å². The standard InChI is InChI=1S/C21H15FN4O4/c1-12(26-19(28)14-6-2-3-7-15(14)20(26)29)18(27)25-13-10-23-21(24-11-13)30-17-9-5-4-8-16(17)22/h2-12H,1H3,(H,25,27). The predicted molar refractivity (Wildman–Crippen MR) is 104 cm³/mol. The summed E-state index contributed by atoms with van der Waals surface area (Å²) in [7, 11) is 0. The van der Waals surface area contributed by atoms with Crippen molar-refractivity contribution in [2.24, 2.45) is 0 Å². The molecule has 2 aromatic carbocycles. The largest absolute Gasteiger partial charge is 0.421 e. The van der Waals surface area contributed by atoms with Crippen LogP contribution in [0.1, 0.15) is 27.6 Å². The van der Waals surface area contributed by atoms with Crippen LogP contribution in [0.15, 0.2) is 60.9 Å². The minimum atomic E-state index is -1.05. The highest BCUT2D eigenvalue weighted by molar-refractivity contribution is 6.23. The normalized spacial score (nSPS) is 13.7. The third-order valence-electron chi connectivity index (χ3n) is 4.53. The number of fused-ring (bicyclic) bond motifs is 1. The average molecular weight is 406 g/mol. The highest BCUT2D eigenvalue weighted by Gasteiger charge is 2.40. The monoisotopic (exact) mass is 406 g/mol. The van der Waals surface area contributed by atoms with Gasteiger partial charge in [-0.15, -0.1) is 0 Å². The van der Waals surface area contributed by atoms with Crippen LogP contribution in [0.5, 0.6) is 11.8 Å². The highest BCUT2D eigenvalue weighted by Crippen LogP contribution is 2.25. The van der Waals surface area contributed by atoms with Gasteiger partial charge in [0.05, 0.1) is 29.2 Å². The summed E-state index contributed by atoms with van der Waals surface area (Å²) in [4.78, 5) is 46.3. The zero-order valence-corrected chi connectivity index (χ0v) is 15.7. The molecule has 8 nitrogen and oxygen atoms in total. The summed E-state index contributed by atoms with van der Waals surface area (Å²) in [6.07, 6.45) is 2.55. The van der Waals surface area contributed by atoms with Gasteiger partial charge in [-0.05, 0) is 31.2 Å². The number of halogens is 1. The Balaban J connectivity index is 1.43. The van der Waals surface area contributed by atoms with Crippen LogP contribution in [0.2, 0.25) is 0 Å². The van der Waals surface area contributed by atoms with Crippen LogP contribution in [-0.4, -0.2) is 38.6 Å². The predicted octanol–water partition coefficient (Wildman–Crippen LogP) is 3.03.